The summed E-state index contributed by atoms with van der Waals surface area (Å²) < 4.78 is 7.55. The van der Waals surface area contributed by atoms with Crippen LogP contribution in [0.5, 0.6) is 5.75 Å². The van der Waals surface area contributed by atoms with Crippen molar-refractivity contribution in [1.82, 2.24) is 4.57 Å². The van der Waals surface area contributed by atoms with Crippen LogP contribution in [0.1, 0.15) is 30.8 Å². The van der Waals surface area contributed by atoms with Gasteiger partial charge in [0.2, 0.25) is 0 Å². The van der Waals surface area contributed by atoms with Gasteiger partial charge in [0.05, 0.1) is 12.8 Å². The summed E-state index contributed by atoms with van der Waals surface area (Å²) >= 11 is 0. The van der Waals surface area contributed by atoms with Crippen molar-refractivity contribution in [2.45, 2.75) is 34.2 Å². The Kier molecular flexibility index (Phi) is 6.46. The molecule has 1 amide bonds. The van der Waals surface area contributed by atoms with Crippen molar-refractivity contribution in [2.75, 3.05) is 19.1 Å². The van der Waals surface area contributed by atoms with Crippen LogP contribution in [0.25, 0.3) is 6.08 Å². The van der Waals surface area contributed by atoms with Crippen molar-refractivity contribution in [3.8, 4) is 11.8 Å². The average molecular weight is 365 g/mol. The van der Waals surface area contributed by atoms with E-state index in [2.05, 4.69) is 24.5 Å². The lowest BCUT2D eigenvalue weighted by atomic mass is 10.1. The van der Waals surface area contributed by atoms with Gasteiger partial charge in [0, 0.05) is 25.0 Å². The van der Waals surface area contributed by atoms with E-state index in [1.54, 1.807) is 32.4 Å². The van der Waals surface area contributed by atoms with Crippen molar-refractivity contribution in [3.05, 3.63) is 52.9 Å². The Balaban J connectivity index is 2.39. The van der Waals surface area contributed by atoms with E-state index in [9.17, 15) is 10.1 Å². The SMILES string of the molecule is COc1ccccc1N(C)C(=O)/C(C#N)=C/c1cc(C)n(CC(C)C)c1C. The molecule has 0 saturated heterocycles. The Morgan fingerprint density at radius 3 is 2.59 bits per heavy atom. The molecule has 0 saturated carbocycles. The molecule has 0 aliphatic carbocycles. The lowest BCUT2D eigenvalue weighted by molar-refractivity contribution is -0.114. The Bertz CT molecular complexity index is 901. The number of hydrogen-bond donors (Lipinski definition) is 0. The van der Waals surface area contributed by atoms with Crippen LogP contribution < -0.4 is 9.64 Å². The van der Waals surface area contributed by atoms with Gasteiger partial charge >= 0.3 is 0 Å². The van der Waals surface area contributed by atoms with Gasteiger partial charge in [-0.2, -0.15) is 5.26 Å². The van der Waals surface area contributed by atoms with Gasteiger partial charge in [0.25, 0.3) is 5.91 Å². The maximum atomic E-state index is 12.9. The number of carbonyl (C=O) groups is 1. The number of hydrogen-bond acceptors (Lipinski definition) is 3. The predicted octanol–water partition coefficient (Wildman–Crippen LogP) is 4.34. The first kappa shape index (κ1) is 20.3. The topological polar surface area (TPSA) is 58.3 Å². The maximum absolute atomic E-state index is 12.9. The molecule has 142 valence electrons. The summed E-state index contributed by atoms with van der Waals surface area (Å²) in [5.41, 5.74) is 3.79. The van der Waals surface area contributed by atoms with Gasteiger partial charge < -0.3 is 14.2 Å². The van der Waals surface area contributed by atoms with Crippen LogP contribution >= 0.6 is 0 Å². The normalized spacial score (nSPS) is 11.4. The number of anilines is 1. The highest BCUT2D eigenvalue weighted by molar-refractivity contribution is 6.11. The number of benzene rings is 1. The molecule has 5 nitrogen and oxygen atoms in total. The van der Waals surface area contributed by atoms with E-state index in [0.717, 1.165) is 23.5 Å². The molecule has 0 atom stereocenters. The summed E-state index contributed by atoms with van der Waals surface area (Å²) in [6, 6.07) is 11.3. The zero-order valence-electron chi connectivity index (χ0n) is 16.9. The third kappa shape index (κ3) is 4.40. The van der Waals surface area contributed by atoms with Crippen LogP contribution in [0, 0.1) is 31.1 Å². The summed E-state index contributed by atoms with van der Waals surface area (Å²) in [5, 5.41) is 9.59. The fourth-order valence-corrected chi connectivity index (χ4v) is 3.11. The molecular formula is C22H27N3O2. The number of ether oxygens (including phenoxy) is 1. The van der Waals surface area contributed by atoms with Gasteiger partial charge in [-0.3, -0.25) is 4.79 Å². The number of methoxy groups -OCH3 is 1. The smallest absolute Gasteiger partial charge is 0.268 e. The second kappa shape index (κ2) is 8.59. The van der Waals surface area contributed by atoms with E-state index in [0.29, 0.717) is 17.4 Å². The zero-order valence-corrected chi connectivity index (χ0v) is 16.9. The summed E-state index contributed by atoms with van der Waals surface area (Å²) in [5.74, 6) is 0.733. The minimum Gasteiger partial charge on any atom is -0.495 e. The molecule has 0 radical (unpaired) electrons. The lowest BCUT2D eigenvalue weighted by Crippen LogP contribution is -2.27. The highest BCUT2D eigenvalue weighted by atomic mass is 16.5. The number of nitriles is 1. The number of carbonyl (C=O) groups excluding carboxylic acids is 1. The fraction of sp³-hybridized carbons (Fsp3) is 0.364. The Hall–Kier alpha value is -3.00. The monoisotopic (exact) mass is 365 g/mol. The largest absolute Gasteiger partial charge is 0.495 e. The van der Waals surface area contributed by atoms with Gasteiger partial charge in [-0.25, -0.2) is 0 Å². The molecule has 0 N–H and O–H groups in total. The number of rotatable bonds is 6. The number of aromatic nitrogens is 1. The molecule has 0 unspecified atom stereocenters. The molecule has 1 aromatic carbocycles. The highest BCUT2D eigenvalue weighted by Gasteiger charge is 2.20. The van der Waals surface area contributed by atoms with Gasteiger partial charge in [0.15, 0.2) is 0 Å². The lowest BCUT2D eigenvalue weighted by Gasteiger charge is -2.19. The van der Waals surface area contributed by atoms with Crippen molar-refractivity contribution < 1.29 is 9.53 Å². The van der Waals surface area contributed by atoms with Gasteiger partial charge in [-0.05, 0) is 49.6 Å². The summed E-state index contributed by atoms with van der Waals surface area (Å²) in [4.78, 5) is 14.3. The van der Waals surface area contributed by atoms with Crippen LogP contribution in [0.3, 0.4) is 0 Å². The quantitative estimate of drug-likeness (QED) is 0.565. The molecule has 27 heavy (non-hydrogen) atoms. The van der Waals surface area contributed by atoms with Crippen molar-refractivity contribution in [1.29, 1.82) is 5.26 Å². The van der Waals surface area contributed by atoms with Crippen LogP contribution in [0.2, 0.25) is 0 Å². The predicted molar refractivity (Wildman–Crippen MR) is 109 cm³/mol. The molecule has 1 heterocycles. The number of aryl methyl sites for hydroxylation is 1. The van der Waals surface area contributed by atoms with Crippen LogP contribution in [-0.2, 0) is 11.3 Å². The third-order valence-electron chi connectivity index (χ3n) is 4.56. The van der Waals surface area contributed by atoms with E-state index in [4.69, 9.17) is 4.74 Å². The van der Waals surface area contributed by atoms with Crippen LogP contribution in [0.15, 0.2) is 35.9 Å². The molecule has 0 spiro atoms. The molecule has 0 bridgehead atoms. The first-order valence-electron chi connectivity index (χ1n) is 8.99. The van der Waals surface area contributed by atoms with E-state index >= 15 is 0 Å². The number of para-hydroxylation sites is 2. The van der Waals surface area contributed by atoms with Gasteiger partial charge in [-0.15, -0.1) is 0 Å². The summed E-state index contributed by atoms with van der Waals surface area (Å²) in [6.45, 7) is 9.30. The summed E-state index contributed by atoms with van der Waals surface area (Å²) in [7, 11) is 3.20. The number of amides is 1. The van der Waals surface area contributed by atoms with Crippen molar-refractivity contribution in [3.63, 3.8) is 0 Å². The molecule has 0 aliphatic heterocycles. The standard InChI is InChI=1S/C22H27N3O2/c1-15(2)14-25-16(3)11-18(17(25)4)12-19(13-23)22(26)24(5)20-9-7-8-10-21(20)27-6/h7-12,15H,14H2,1-6H3/b19-12+. The summed E-state index contributed by atoms with van der Waals surface area (Å²) in [6.07, 6.45) is 1.67. The maximum Gasteiger partial charge on any atom is 0.268 e. The number of likely N-dealkylation sites (N-methyl/N-ethyl adjacent to an activating group) is 1. The molecular weight excluding hydrogens is 338 g/mol. The van der Waals surface area contributed by atoms with Gasteiger partial charge in [-0.1, -0.05) is 26.0 Å². The minimum absolute atomic E-state index is 0.0909. The zero-order chi connectivity index (χ0) is 20.1. The van der Waals surface area contributed by atoms with E-state index in [-0.39, 0.29) is 11.5 Å². The Labute approximate surface area is 161 Å². The number of nitrogens with zero attached hydrogens (tertiary/aromatic N) is 3. The first-order valence-corrected chi connectivity index (χ1v) is 8.99. The second-order valence-corrected chi connectivity index (χ2v) is 7.04. The minimum atomic E-state index is -0.365. The molecule has 2 rings (SSSR count). The average Bonchev–Trinajstić information content (AvgIpc) is 2.91. The van der Waals surface area contributed by atoms with Crippen LogP contribution in [-0.4, -0.2) is 24.6 Å². The molecule has 0 fully saturated rings. The Morgan fingerprint density at radius 2 is 2.00 bits per heavy atom. The van der Waals surface area contributed by atoms with E-state index in [1.807, 2.05) is 32.0 Å². The first-order chi connectivity index (χ1) is 12.8. The van der Waals surface area contributed by atoms with Crippen molar-refractivity contribution in [2.24, 2.45) is 5.92 Å². The Morgan fingerprint density at radius 1 is 1.33 bits per heavy atom. The fourth-order valence-electron chi connectivity index (χ4n) is 3.11. The molecule has 0 aliphatic rings. The van der Waals surface area contributed by atoms with Gasteiger partial charge in [0.1, 0.15) is 17.4 Å². The van der Waals surface area contributed by atoms with E-state index in [1.165, 1.54) is 4.90 Å². The molecule has 1 aromatic heterocycles. The third-order valence-corrected chi connectivity index (χ3v) is 4.56. The van der Waals surface area contributed by atoms with Crippen molar-refractivity contribution >= 4 is 17.7 Å². The molecule has 2 aromatic rings. The molecule has 5 heteroatoms. The van der Waals surface area contributed by atoms with Crippen LogP contribution in [0.4, 0.5) is 5.69 Å². The highest BCUT2D eigenvalue weighted by Crippen LogP contribution is 2.28. The second-order valence-electron chi connectivity index (χ2n) is 7.04. The van der Waals surface area contributed by atoms with E-state index < -0.39 is 0 Å².